The van der Waals surface area contributed by atoms with Crippen molar-refractivity contribution in [3.63, 3.8) is 0 Å². The van der Waals surface area contributed by atoms with Gasteiger partial charge in [0.05, 0.1) is 0 Å². The molecule has 0 aliphatic heterocycles. The summed E-state index contributed by atoms with van der Waals surface area (Å²) in [5.74, 6) is 5.96. The molecule has 0 bridgehead atoms. The molecule has 0 heteroatoms. The highest BCUT2D eigenvalue weighted by Gasteiger charge is 2.54. The molecule has 0 aromatic rings. The SMILES string of the molecule is CC1C=C(C2C(C)C3CCC32)C(C)C1. The van der Waals surface area contributed by atoms with Gasteiger partial charge in [-0.1, -0.05) is 32.4 Å². The minimum atomic E-state index is 0.853. The first-order chi connectivity index (χ1) is 6.68. The van der Waals surface area contributed by atoms with Crippen molar-refractivity contribution in [1.29, 1.82) is 0 Å². The molecule has 6 atom stereocenters. The first-order valence-electron chi connectivity index (χ1n) is 6.40. The van der Waals surface area contributed by atoms with Crippen molar-refractivity contribution in [2.24, 2.45) is 35.5 Å². The van der Waals surface area contributed by atoms with Crippen molar-refractivity contribution in [1.82, 2.24) is 0 Å². The van der Waals surface area contributed by atoms with Gasteiger partial charge in [-0.3, -0.25) is 0 Å². The Morgan fingerprint density at radius 3 is 2.21 bits per heavy atom. The van der Waals surface area contributed by atoms with Crippen LogP contribution in [0, 0.1) is 35.5 Å². The van der Waals surface area contributed by atoms with E-state index in [2.05, 4.69) is 26.8 Å². The second kappa shape index (κ2) is 2.87. The van der Waals surface area contributed by atoms with Crippen molar-refractivity contribution in [2.45, 2.75) is 40.0 Å². The van der Waals surface area contributed by atoms with Crippen molar-refractivity contribution in [2.75, 3.05) is 0 Å². The molecule has 78 valence electrons. The first-order valence-corrected chi connectivity index (χ1v) is 6.40. The molecule has 14 heavy (non-hydrogen) atoms. The van der Waals surface area contributed by atoms with Gasteiger partial charge in [-0.2, -0.15) is 0 Å². The normalized spacial score (nSPS) is 55.8. The molecule has 0 aromatic heterocycles. The molecule has 0 radical (unpaired) electrons. The van der Waals surface area contributed by atoms with Crippen LogP contribution in [0.15, 0.2) is 11.6 Å². The van der Waals surface area contributed by atoms with Crippen LogP contribution in [0.5, 0.6) is 0 Å². The minimum Gasteiger partial charge on any atom is -0.0819 e. The fourth-order valence-electron chi connectivity index (χ4n) is 4.41. The zero-order valence-electron chi connectivity index (χ0n) is 9.66. The Balaban J connectivity index is 1.79. The summed E-state index contributed by atoms with van der Waals surface area (Å²) in [6, 6.07) is 0. The molecule has 0 N–H and O–H groups in total. The van der Waals surface area contributed by atoms with E-state index in [9.17, 15) is 0 Å². The Morgan fingerprint density at radius 2 is 1.79 bits per heavy atom. The molecule has 6 unspecified atom stereocenters. The van der Waals surface area contributed by atoms with Crippen LogP contribution in [0.25, 0.3) is 0 Å². The highest BCUT2D eigenvalue weighted by atomic mass is 14.6. The van der Waals surface area contributed by atoms with Gasteiger partial charge in [0.25, 0.3) is 0 Å². The summed E-state index contributed by atoms with van der Waals surface area (Å²) in [4.78, 5) is 0. The molecule has 0 heterocycles. The monoisotopic (exact) mass is 190 g/mol. The van der Waals surface area contributed by atoms with E-state index < -0.39 is 0 Å². The van der Waals surface area contributed by atoms with Crippen LogP contribution in [0.4, 0.5) is 0 Å². The van der Waals surface area contributed by atoms with E-state index in [1.807, 2.05) is 5.57 Å². The maximum atomic E-state index is 2.60. The summed E-state index contributed by atoms with van der Waals surface area (Å²) >= 11 is 0. The number of allylic oxidation sites excluding steroid dienone is 2. The fourth-order valence-corrected chi connectivity index (χ4v) is 4.41. The lowest BCUT2D eigenvalue weighted by atomic mass is 9.45. The molecule has 3 aliphatic rings. The van der Waals surface area contributed by atoms with Crippen LogP contribution in [-0.2, 0) is 0 Å². The lowest BCUT2D eigenvalue weighted by Gasteiger charge is -2.60. The molecular formula is C14H22. The smallest absolute Gasteiger partial charge is 0.0141 e. The van der Waals surface area contributed by atoms with Gasteiger partial charge in [0.2, 0.25) is 0 Å². The van der Waals surface area contributed by atoms with Crippen LogP contribution in [0.3, 0.4) is 0 Å². The molecule has 2 saturated carbocycles. The van der Waals surface area contributed by atoms with Crippen molar-refractivity contribution >= 4 is 0 Å². The third kappa shape index (κ3) is 1.00. The summed E-state index contributed by atoms with van der Waals surface area (Å²) in [5, 5.41) is 0. The molecular weight excluding hydrogens is 168 g/mol. The topological polar surface area (TPSA) is 0 Å². The Labute approximate surface area is 87.8 Å². The third-order valence-corrected chi connectivity index (χ3v) is 5.24. The largest absolute Gasteiger partial charge is 0.0819 e. The Morgan fingerprint density at radius 1 is 1.07 bits per heavy atom. The maximum Gasteiger partial charge on any atom is -0.0141 e. The summed E-state index contributed by atoms with van der Waals surface area (Å²) in [6.45, 7) is 7.31. The number of hydrogen-bond acceptors (Lipinski definition) is 0. The first kappa shape index (κ1) is 9.00. The molecule has 3 aliphatic carbocycles. The van der Waals surface area contributed by atoms with Gasteiger partial charge in [-0.25, -0.2) is 0 Å². The molecule has 0 amide bonds. The zero-order valence-corrected chi connectivity index (χ0v) is 9.66. The molecule has 3 rings (SSSR count). The van der Waals surface area contributed by atoms with E-state index >= 15 is 0 Å². The summed E-state index contributed by atoms with van der Waals surface area (Å²) in [6.07, 6.45) is 7.06. The van der Waals surface area contributed by atoms with Gasteiger partial charge in [-0.05, 0) is 54.8 Å². The lowest BCUT2D eigenvalue weighted by molar-refractivity contribution is -0.0748. The molecule has 0 saturated heterocycles. The quantitative estimate of drug-likeness (QED) is 0.550. The van der Waals surface area contributed by atoms with Gasteiger partial charge in [-0.15, -0.1) is 0 Å². The average molecular weight is 190 g/mol. The lowest BCUT2D eigenvalue weighted by Crippen LogP contribution is -2.52. The zero-order chi connectivity index (χ0) is 9.87. The van der Waals surface area contributed by atoms with Gasteiger partial charge >= 0.3 is 0 Å². The van der Waals surface area contributed by atoms with Gasteiger partial charge in [0.15, 0.2) is 0 Å². The summed E-state index contributed by atoms with van der Waals surface area (Å²) < 4.78 is 0. The second-order valence-corrected chi connectivity index (χ2v) is 6.07. The van der Waals surface area contributed by atoms with E-state index in [1.54, 1.807) is 0 Å². The average Bonchev–Trinajstić information content (AvgIpc) is 2.38. The Hall–Kier alpha value is -0.260. The summed E-state index contributed by atoms with van der Waals surface area (Å²) in [7, 11) is 0. The third-order valence-electron chi connectivity index (χ3n) is 5.24. The van der Waals surface area contributed by atoms with E-state index in [1.165, 1.54) is 19.3 Å². The van der Waals surface area contributed by atoms with Gasteiger partial charge in [0.1, 0.15) is 0 Å². The van der Waals surface area contributed by atoms with E-state index in [-0.39, 0.29) is 0 Å². The maximum absolute atomic E-state index is 2.60. The van der Waals surface area contributed by atoms with E-state index in [0.29, 0.717) is 0 Å². The van der Waals surface area contributed by atoms with E-state index in [0.717, 1.165) is 35.5 Å². The standard InChI is InChI=1S/C14H22/c1-8-6-9(2)13(7-8)14-10(3)11-4-5-12(11)14/h7-12,14H,4-6H2,1-3H3. The highest BCUT2D eigenvalue weighted by molar-refractivity contribution is 5.24. The fraction of sp³-hybridized carbons (Fsp3) is 0.857. The number of fused-ring (bicyclic) bond motifs is 1. The van der Waals surface area contributed by atoms with Crippen LogP contribution in [0.1, 0.15) is 40.0 Å². The van der Waals surface area contributed by atoms with Crippen molar-refractivity contribution in [3.8, 4) is 0 Å². The summed E-state index contributed by atoms with van der Waals surface area (Å²) in [5.41, 5.74) is 1.84. The van der Waals surface area contributed by atoms with E-state index in [4.69, 9.17) is 0 Å². The predicted molar refractivity (Wildman–Crippen MR) is 59.9 cm³/mol. The van der Waals surface area contributed by atoms with Crippen molar-refractivity contribution < 1.29 is 0 Å². The molecule has 0 aromatic carbocycles. The number of hydrogen-bond donors (Lipinski definition) is 0. The number of rotatable bonds is 1. The predicted octanol–water partition coefficient (Wildman–Crippen LogP) is 3.88. The second-order valence-electron chi connectivity index (χ2n) is 6.07. The Kier molecular flexibility index (Phi) is 1.84. The molecule has 0 spiro atoms. The van der Waals surface area contributed by atoms with Crippen LogP contribution in [-0.4, -0.2) is 0 Å². The van der Waals surface area contributed by atoms with Crippen LogP contribution in [0.2, 0.25) is 0 Å². The highest BCUT2D eigenvalue weighted by Crippen LogP contribution is 2.62. The van der Waals surface area contributed by atoms with Crippen LogP contribution < -0.4 is 0 Å². The van der Waals surface area contributed by atoms with Gasteiger partial charge < -0.3 is 0 Å². The minimum absolute atomic E-state index is 0.853. The molecule has 2 fully saturated rings. The Bertz CT molecular complexity index is 270. The van der Waals surface area contributed by atoms with Crippen LogP contribution >= 0.6 is 0 Å². The van der Waals surface area contributed by atoms with Crippen molar-refractivity contribution in [3.05, 3.63) is 11.6 Å². The molecule has 0 nitrogen and oxygen atoms in total. The van der Waals surface area contributed by atoms with Gasteiger partial charge in [0, 0.05) is 0 Å².